The molecule has 11 heteroatoms. The minimum absolute atomic E-state index is 0.174. The van der Waals surface area contributed by atoms with Crippen molar-refractivity contribution >= 4 is 22.8 Å². The summed E-state index contributed by atoms with van der Waals surface area (Å²) in [6, 6.07) is 2.09. The van der Waals surface area contributed by atoms with Crippen molar-refractivity contribution in [3.8, 4) is 11.5 Å². The Balaban J connectivity index is 1.71. The van der Waals surface area contributed by atoms with E-state index in [1.807, 2.05) is 12.3 Å². The molecule has 0 atom stereocenters. The van der Waals surface area contributed by atoms with Crippen LogP contribution < -0.4 is 11.1 Å². The maximum atomic E-state index is 9.96. The summed E-state index contributed by atoms with van der Waals surface area (Å²) in [5, 5.41) is 21.9. The maximum absolute atomic E-state index is 9.96. The Morgan fingerprint density at radius 2 is 2.00 bits per heavy atom. The summed E-state index contributed by atoms with van der Waals surface area (Å²) in [5.74, 6) is 0.808. The number of fused-ring (bicyclic) bond motifs is 1. The third-order valence-electron chi connectivity index (χ3n) is 4.65. The van der Waals surface area contributed by atoms with Gasteiger partial charge in [0, 0.05) is 12.1 Å². The molecular weight excluding hydrogens is 396 g/mol. The van der Waals surface area contributed by atoms with Crippen LogP contribution in [0.1, 0.15) is 39.8 Å². The topological polar surface area (TPSA) is 145 Å². The van der Waals surface area contributed by atoms with E-state index >= 15 is 0 Å². The Kier molecular flexibility index (Phi) is 5.27. The van der Waals surface area contributed by atoms with Crippen LogP contribution in [0.15, 0.2) is 31.0 Å². The summed E-state index contributed by atoms with van der Waals surface area (Å²) in [6.07, 6.45) is 8.03. The van der Waals surface area contributed by atoms with Crippen molar-refractivity contribution in [1.82, 2.24) is 39.5 Å². The highest BCUT2D eigenvalue weighted by Gasteiger charge is 2.16. The van der Waals surface area contributed by atoms with Gasteiger partial charge in [-0.25, -0.2) is 19.6 Å². The van der Waals surface area contributed by atoms with E-state index in [1.165, 1.54) is 0 Å². The summed E-state index contributed by atoms with van der Waals surface area (Å²) in [5.41, 5.74) is 8.61. The fraction of sp³-hybridized carbons (Fsp3) is 0.400. The number of aliphatic hydroxyl groups is 1. The summed E-state index contributed by atoms with van der Waals surface area (Å²) in [7, 11) is 0. The van der Waals surface area contributed by atoms with Gasteiger partial charge in [-0.05, 0) is 40.5 Å². The highest BCUT2D eigenvalue weighted by atomic mass is 16.3. The van der Waals surface area contributed by atoms with Gasteiger partial charge >= 0.3 is 0 Å². The van der Waals surface area contributed by atoms with E-state index in [-0.39, 0.29) is 12.0 Å². The van der Waals surface area contributed by atoms with Gasteiger partial charge < -0.3 is 16.2 Å². The van der Waals surface area contributed by atoms with Crippen LogP contribution >= 0.6 is 0 Å². The lowest BCUT2D eigenvalue weighted by atomic mass is 10.0. The minimum Gasteiger partial charge on any atom is -0.390 e. The van der Waals surface area contributed by atoms with Crippen LogP contribution in [0.25, 0.3) is 22.7 Å². The van der Waals surface area contributed by atoms with Crippen LogP contribution in [-0.2, 0) is 6.42 Å². The zero-order valence-corrected chi connectivity index (χ0v) is 18.0. The van der Waals surface area contributed by atoms with Gasteiger partial charge in [-0.1, -0.05) is 5.21 Å². The van der Waals surface area contributed by atoms with Gasteiger partial charge in [-0.3, -0.25) is 4.57 Å². The number of pyridine rings is 1. The predicted molar refractivity (Wildman–Crippen MR) is 117 cm³/mol. The smallest absolute Gasteiger partial charge is 0.222 e. The summed E-state index contributed by atoms with van der Waals surface area (Å²) in [6.45, 7) is 7.67. The largest absolute Gasteiger partial charge is 0.390 e. The molecule has 0 fully saturated rings. The molecule has 0 aliphatic heterocycles. The van der Waals surface area contributed by atoms with Crippen molar-refractivity contribution < 1.29 is 5.11 Å². The molecule has 0 bridgehead atoms. The fourth-order valence-corrected chi connectivity index (χ4v) is 3.13. The number of nitrogens with one attached hydrogen (secondary N) is 1. The molecule has 0 spiro atoms. The number of anilines is 2. The standard InChI is InChI=1S/C20H26N10O/c1-12(2)25-14-7-17(29-11-24-15-8-23-19(21)26-18(15)29)22-9-16(14)30-10-13(27-28-30)5-6-20(3,4)31/h7-12,31H,5-6H2,1-4H3,(H,22,25)(H2,21,23,26). The number of nitrogens with zero attached hydrogens (tertiary/aromatic N) is 8. The molecule has 11 nitrogen and oxygen atoms in total. The van der Waals surface area contributed by atoms with Gasteiger partial charge in [-0.2, -0.15) is 4.98 Å². The van der Waals surface area contributed by atoms with E-state index in [1.54, 1.807) is 41.8 Å². The monoisotopic (exact) mass is 422 g/mol. The third-order valence-corrected chi connectivity index (χ3v) is 4.65. The second-order valence-electron chi connectivity index (χ2n) is 8.38. The van der Waals surface area contributed by atoms with Crippen molar-refractivity contribution in [2.45, 2.75) is 52.2 Å². The molecule has 4 heterocycles. The SMILES string of the molecule is CC(C)Nc1cc(-n2cnc3cnc(N)nc32)ncc1-n1cc(CCC(C)(C)O)nn1. The third kappa shape index (κ3) is 4.61. The molecule has 0 amide bonds. The van der Waals surface area contributed by atoms with Crippen LogP contribution in [0.2, 0.25) is 0 Å². The van der Waals surface area contributed by atoms with Crippen LogP contribution in [-0.4, -0.2) is 56.2 Å². The lowest BCUT2D eigenvalue weighted by Gasteiger charge is -2.16. The molecule has 0 aromatic carbocycles. The van der Waals surface area contributed by atoms with Gasteiger partial charge in [0.1, 0.15) is 23.3 Å². The first-order chi connectivity index (χ1) is 14.7. The van der Waals surface area contributed by atoms with Crippen LogP contribution in [0.5, 0.6) is 0 Å². The minimum atomic E-state index is -0.752. The summed E-state index contributed by atoms with van der Waals surface area (Å²) >= 11 is 0. The van der Waals surface area contributed by atoms with Crippen molar-refractivity contribution in [3.63, 3.8) is 0 Å². The predicted octanol–water partition coefficient (Wildman–Crippen LogP) is 1.90. The van der Waals surface area contributed by atoms with Gasteiger partial charge in [-0.15, -0.1) is 5.10 Å². The van der Waals surface area contributed by atoms with Gasteiger partial charge in [0.15, 0.2) is 5.65 Å². The normalized spacial score (nSPS) is 12.1. The fourth-order valence-electron chi connectivity index (χ4n) is 3.13. The van der Waals surface area contributed by atoms with E-state index in [0.29, 0.717) is 29.8 Å². The molecule has 0 aliphatic carbocycles. The number of aromatic nitrogens is 8. The second-order valence-corrected chi connectivity index (χ2v) is 8.38. The number of hydrogen-bond donors (Lipinski definition) is 3. The van der Waals surface area contributed by atoms with E-state index in [9.17, 15) is 5.11 Å². The van der Waals surface area contributed by atoms with Crippen LogP contribution in [0.4, 0.5) is 11.6 Å². The maximum Gasteiger partial charge on any atom is 0.222 e. The molecule has 4 aromatic rings. The van der Waals surface area contributed by atoms with E-state index in [0.717, 1.165) is 17.1 Å². The lowest BCUT2D eigenvalue weighted by molar-refractivity contribution is 0.0711. The first-order valence-electron chi connectivity index (χ1n) is 10.1. The molecule has 0 unspecified atom stereocenters. The zero-order valence-electron chi connectivity index (χ0n) is 18.0. The Hall–Kier alpha value is -3.60. The van der Waals surface area contributed by atoms with E-state index < -0.39 is 5.60 Å². The molecule has 162 valence electrons. The van der Waals surface area contributed by atoms with Crippen molar-refractivity contribution in [3.05, 3.63) is 36.7 Å². The number of rotatable bonds is 7. The number of aryl methyl sites for hydroxylation is 1. The zero-order chi connectivity index (χ0) is 22.2. The Bertz CT molecular complexity index is 1200. The average Bonchev–Trinajstić information content (AvgIpc) is 3.32. The second kappa shape index (κ2) is 7.91. The molecule has 4 aromatic heterocycles. The number of nitrogen functional groups attached to an aromatic ring is 1. The summed E-state index contributed by atoms with van der Waals surface area (Å²) < 4.78 is 3.45. The first kappa shape index (κ1) is 20.7. The van der Waals surface area contributed by atoms with Crippen LogP contribution in [0.3, 0.4) is 0 Å². The number of hydrogen-bond acceptors (Lipinski definition) is 9. The quantitative estimate of drug-likeness (QED) is 0.406. The average molecular weight is 422 g/mol. The molecule has 4 N–H and O–H groups in total. The molecule has 4 rings (SSSR count). The highest BCUT2D eigenvalue weighted by molar-refractivity contribution is 5.73. The summed E-state index contributed by atoms with van der Waals surface area (Å²) in [4.78, 5) is 17.2. The van der Waals surface area contributed by atoms with Gasteiger partial charge in [0.2, 0.25) is 5.95 Å². The number of imidazole rings is 1. The number of nitrogens with two attached hydrogens (primary N) is 1. The van der Waals surface area contributed by atoms with Crippen molar-refractivity contribution in [2.75, 3.05) is 11.1 Å². The molecule has 0 saturated heterocycles. The lowest BCUT2D eigenvalue weighted by Crippen LogP contribution is -2.19. The molecular formula is C20H26N10O. The van der Waals surface area contributed by atoms with Crippen molar-refractivity contribution in [2.24, 2.45) is 0 Å². The molecule has 0 aliphatic rings. The van der Waals surface area contributed by atoms with E-state index in [2.05, 4.69) is 49.4 Å². The first-order valence-corrected chi connectivity index (χ1v) is 10.1. The Morgan fingerprint density at radius 3 is 2.74 bits per heavy atom. The van der Waals surface area contributed by atoms with Crippen LogP contribution in [0, 0.1) is 0 Å². The van der Waals surface area contributed by atoms with Gasteiger partial charge in [0.05, 0.1) is 35.6 Å². The van der Waals surface area contributed by atoms with Gasteiger partial charge in [0.25, 0.3) is 0 Å². The Morgan fingerprint density at radius 1 is 1.19 bits per heavy atom. The molecule has 31 heavy (non-hydrogen) atoms. The highest BCUT2D eigenvalue weighted by Crippen LogP contribution is 2.24. The Labute approximate surface area is 179 Å². The van der Waals surface area contributed by atoms with E-state index in [4.69, 9.17) is 5.73 Å². The molecule has 0 saturated carbocycles. The molecule has 0 radical (unpaired) electrons. The van der Waals surface area contributed by atoms with Crippen molar-refractivity contribution in [1.29, 1.82) is 0 Å².